The van der Waals surface area contributed by atoms with E-state index >= 15 is 0 Å². The molecule has 0 spiro atoms. The maximum atomic E-state index is 12.9. The number of carbonyl (C=O) groups is 2. The molecule has 2 aliphatic heterocycles. The molecule has 2 saturated heterocycles. The number of nitrogens with zero attached hydrogens (tertiary/aromatic N) is 4. The molecule has 2 aliphatic rings. The molecule has 1 aromatic carbocycles. The highest BCUT2D eigenvalue weighted by Gasteiger charge is 2.47. The smallest absolute Gasteiger partial charge is 0.244 e. The molecular formula is C20H24N4O2. The van der Waals surface area contributed by atoms with Gasteiger partial charge in [-0.2, -0.15) is 5.10 Å². The molecule has 0 unspecified atom stereocenters. The minimum atomic E-state index is 0.110. The van der Waals surface area contributed by atoms with Crippen LogP contribution in [0.2, 0.25) is 0 Å². The summed E-state index contributed by atoms with van der Waals surface area (Å²) in [4.78, 5) is 28.8. The molecule has 6 heteroatoms. The lowest BCUT2D eigenvalue weighted by Gasteiger charge is -2.38. The van der Waals surface area contributed by atoms with E-state index in [2.05, 4.69) is 17.2 Å². The predicted octanol–water partition coefficient (Wildman–Crippen LogP) is 1.75. The molecule has 26 heavy (non-hydrogen) atoms. The molecule has 2 amide bonds. The zero-order valence-electron chi connectivity index (χ0n) is 15.0. The molecule has 0 N–H and O–H groups in total. The number of piperidine rings is 1. The van der Waals surface area contributed by atoms with E-state index < -0.39 is 0 Å². The van der Waals surface area contributed by atoms with Crippen LogP contribution in [0.15, 0.2) is 48.8 Å². The highest BCUT2D eigenvalue weighted by Crippen LogP contribution is 2.41. The van der Waals surface area contributed by atoms with Crippen LogP contribution in [0.25, 0.3) is 0 Å². The minimum absolute atomic E-state index is 0.110. The standard InChI is InChI=1S/C20H24N4O2/c1-15(25)22-11-8-19-18(12-22)17(16-6-3-2-4-7-16)13-24(19)20(26)14-23-10-5-9-21-23/h2-7,9-10,17-19H,8,11-14H2,1H3/t17-,18-,19-/m1/s1. The fourth-order valence-corrected chi connectivity index (χ4v) is 4.48. The number of benzene rings is 1. The lowest BCUT2D eigenvalue weighted by molar-refractivity contribution is -0.135. The van der Waals surface area contributed by atoms with Crippen molar-refractivity contribution in [2.45, 2.75) is 31.8 Å². The molecule has 2 aromatic rings. The second kappa shape index (κ2) is 6.94. The first-order valence-electron chi connectivity index (χ1n) is 9.21. The van der Waals surface area contributed by atoms with Crippen LogP contribution < -0.4 is 0 Å². The molecular weight excluding hydrogens is 328 g/mol. The quantitative estimate of drug-likeness (QED) is 0.846. The van der Waals surface area contributed by atoms with Crippen molar-refractivity contribution in [2.75, 3.05) is 19.6 Å². The van der Waals surface area contributed by atoms with Gasteiger partial charge in [0, 0.05) is 56.8 Å². The van der Waals surface area contributed by atoms with Crippen LogP contribution in [0, 0.1) is 5.92 Å². The number of rotatable bonds is 3. The molecule has 0 aliphatic carbocycles. The van der Waals surface area contributed by atoms with Crippen LogP contribution in [0.3, 0.4) is 0 Å². The van der Waals surface area contributed by atoms with Gasteiger partial charge < -0.3 is 9.80 Å². The molecule has 3 atom stereocenters. The van der Waals surface area contributed by atoms with Gasteiger partial charge in [-0.25, -0.2) is 0 Å². The van der Waals surface area contributed by atoms with Crippen molar-refractivity contribution in [1.29, 1.82) is 0 Å². The first-order valence-corrected chi connectivity index (χ1v) is 9.21. The Kier molecular flexibility index (Phi) is 4.49. The van der Waals surface area contributed by atoms with Gasteiger partial charge in [0.05, 0.1) is 0 Å². The van der Waals surface area contributed by atoms with Crippen molar-refractivity contribution in [3.63, 3.8) is 0 Å². The number of likely N-dealkylation sites (tertiary alicyclic amines) is 2. The van der Waals surface area contributed by atoms with E-state index in [0.29, 0.717) is 6.54 Å². The van der Waals surface area contributed by atoms with E-state index in [1.807, 2.05) is 40.3 Å². The third-order valence-electron chi connectivity index (χ3n) is 5.78. The Labute approximate surface area is 153 Å². The summed E-state index contributed by atoms with van der Waals surface area (Å²) in [6.45, 7) is 4.07. The molecule has 6 nitrogen and oxygen atoms in total. The van der Waals surface area contributed by atoms with Crippen LogP contribution in [0.4, 0.5) is 0 Å². The van der Waals surface area contributed by atoms with Crippen molar-refractivity contribution in [2.24, 2.45) is 5.92 Å². The van der Waals surface area contributed by atoms with E-state index in [-0.39, 0.29) is 36.2 Å². The van der Waals surface area contributed by atoms with Crippen LogP contribution in [-0.4, -0.2) is 57.1 Å². The second-order valence-corrected chi connectivity index (χ2v) is 7.25. The normalized spacial score (nSPS) is 25.2. The summed E-state index contributed by atoms with van der Waals surface area (Å²) in [6.07, 6.45) is 4.36. The van der Waals surface area contributed by atoms with Gasteiger partial charge in [-0.1, -0.05) is 30.3 Å². The number of aromatic nitrogens is 2. The molecule has 4 rings (SSSR count). The van der Waals surface area contributed by atoms with Gasteiger partial charge in [-0.05, 0) is 18.1 Å². The number of carbonyl (C=O) groups excluding carboxylic acids is 2. The van der Waals surface area contributed by atoms with Crippen molar-refractivity contribution < 1.29 is 9.59 Å². The van der Waals surface area contributed by atoms with E-state index in [4.69, 9.17) is 0 Å². The maximum absolute atomic E-state index is 12.9. The molecule has 2 fully saturated rings. The highest BCUT2D eigenvalue weighted by atomic mass is 16.2. The summed E-state index contributed by atoms with van der Waals surface area (Å²) in [5.41, 5.74) is 1.25. The molecule has 3 heterocycles. The summed E-state index contributed by atoms with van der Waals surface area (Å²) in [7, 11) is 0. The van der Waals surface area contributed by atoms with E-state index in [1.165, 1.54) is 5.56 Å². The first kappa shape index (κ1) is 16.8. The van der Waals surface area contributed by atoms with Crippen molar-refractivity contribution in [3.05, 3.63) is 54.4 Å². The van der Waals surface area contributed by atoms with Crippen LogP contribution in [-0.2, 0) is 16.1 Å². The highest BCUT2D eigenvalue weighted by molar-refractivity contribution is 5.77. The number of amides is 2. The van der Waals surface area contributed by atoms with E-state index in [0.717, 1.165) is 19.5 Å². The predicted molar refractivity (Wildman–Crippen MR) is 97.3 cm³/mol. The van der Waals surface area contributed by atoms with Crippen molar-refractivity contribution in [1.82, 2.24) is 19.6 Å². The summed E-state index contributed by atoms with van der Waals surface area (Å²) >= 11 is 0. The zero-order chi connectivity index (χ0) is 18.1. The second-order valence-electron chi connectivity index (χ2n) is 7.25. The average molecular weight is 352 g/mol. The lowest BCUT2D eigenvalue weighted by Crippen LogP contribution is -2.49. The molecule has 0 radical (unpaired) electrons. The Balaban J connectivity index is 1.59. The fraction of sp³-hybridized carbons (Fsp3) is 0.450. The van der Waals surface area contributed by atoms with Crippen molar-refractivity contribution in [3.8, 4) is 0 Å². The molecule has 136 valence electrons. The average Bonchev–Trinajstić information content (AvgIpc) is 3.29. The Morgan fingerprint density at radius 3 is 2.65 bits per heavy atom. The van der Waals surface area contributed by atoms with Crippen LogP contribution in [0.5, 0.6) is 0 Å². The van der Waals surface area contributed by atoms with Crippen LogP contribution in [0.1, 0.15) is 24.8 Å². The number of hydrogen-bond acceptors (Lipinski definition) is 3. The monoisotopic (exact) mass is 352 g/mol. The third kappa shape index (κ3) is 3.11. The maximum Gasteiger partial charge on any atom is 0.244 e. The summed E-state index contributed by atoms with van der Waals surface area (Å²) in [5.74, 6) is 0.788. The van der Waals surface area contributed by atoms with Crippen LogP contribution >= 0.6 is 0 Å². The van der Waals surface area contributed by atoms with Gasteiger partial charge in [0.15, 0.2) is 0 Å². The third-order valence-corrected chi connectivity index (χ3v) is 5.78. The summed E-state index contributed by atoms with van der Waals surface area (Å²) in [6, 6.07) is 12.4. The minimum Gasteiger partial charge on any atom is -0.342 e. The fourth-order valence-electron chi connectivity index (χ4n) is 4.48. The SMILES string of the molecule is CC(=O)N1CC[C@@H]2[C@H](C1)[C@@H](c1ccccc1)CN2C(=O)Cn1cccn1. The van der Waals surface area contributed by atoms with Gasteiger partial charge in [-0.3, -0.25) is 14.3 Å². The van der Waals surface area contributed by atoms with E-state index in [1.54, 1.807) is 17.8 Å². The topological polar surface area (TPSA) is 58.4 Å². The van der Waals surface area contributed by atoms with Gasteiger partial charge in [0.1, 0.15) is 6.54 Å². The Morgan fingerprint density at radius 1 is 1.15 bits per heavy atom. The largest absolute Gasteiger partial charge is 0.342 e. The Hall–Kier alpha value is -2.63. The number of fused-ring (bicyclic) bond motifs is 1. The molecule has 1 aromatic heterocycles. The van der Waals surface area contributed by atoms with Gasteiger partial charge >= 0.3 is 0 Å². The van der Waals surface area contributed by atoms with Gasteiger partial charge in [0.25, 0.3) is 0 Å². The molecule has 0 bridgehead atoms. The van der Waals surface area contributed by atoms with Gasteiger partial charge in [-0.15, -0.1) is 0 Å². The van der Waals surface area contributed by atoms with Crippen molar-refractivity contribution >= 4 is 11.8 Å². The molecule has 0 saturated carbocycles. The van der Waals surface area contributed by atoms with Gasteiger partial charge in [0.2, 0.25) is 11.8 Å². The van der Waals surface area contributed by atoms with E-state index in [9.17, 15) is 9.59 Å². The lowest BCUT2D eigenvalue weighted by atomic mass is 9.82. The first-order chi connectivity index (χ1) is 12.6. The summed E-state index contributed by atoms with van der Waals surface area (Å²) in [5, 5.41) is 4.16. The number of hydrogen-bond donors (Lipinski definition) is 0. The zero-order valence-corrected chi connectivity index (χ0v) is 15.0. The Bertz CT molecular complexity index is 774. The summed E-state index contributed by atoms with van der Waals surface area (Å²) < 4.78 is 1.68. The Morgan fingerprint density at radius 2 is 1.96 bits per heavy atom.